The molecule has 1 aromatic carbocycles. The average molecular weight is 319 g/mol. The monoisotopic (exact) mass is 319 g/mol. The fourth-order valence-corrected chi connectivity index (χ4v) is 0.863. The van der Waals surface area contributed by atoms with E-state index in [9.17, 15) is 4.79 Å². The van der Waals surface area contributed by atoms with Gasteiger partial charge in [-0.05, 0) is 18.6 Å². The first-order valence-corrected chi connectivity index (χ1v) is 6.48. The number of anilines is 1. The van der Waals surface area contributed by atoms with Gasteiger partial charge < -0.3 is 17.0 Å². The maximum Gasteiger partial charge on any atom is 1.00 e. The van der Waals surface area contributed by atoms with Crippen molar-refractivity contribution in [1.29, 1.82) is 0 Å². The Balaban J connectivity index is -0.000000282. The van der Waals surface area contributed by atoms with Gasteiger partial charge in [-0.1, -0.05) is 18.2 Å². The third kappa shape index (κ3) is 16.2. The van der Waals surface area contributed by atoms with Crippen LogP contribution in [0.4, 0.5) is 5.69 Å². The summed E-state index contributed by atoms with van der Waals surface area (Å²) in [5, 5.41) is 2.62. The van der Waals surface area contributed by atoms with E-state index in [-0.39, 0.29) is 49.0 Å². The fourth-order valence-electron chi connectivity index (χ4n) is 0.863. The van der Waals surface area contributed by atoms with Crippen LogP contribution in [-0.4, -0.2) is 19.2 Å². The standard InChI is InChI=1S/C9H10NO.Na.H2O3S2.H2S/c1-7-5-3-4-6-9(7)10-8(2)11;;1-5(2,3)4;/h3-6H,2H2,1H3,(H,10,11);;(H2,1,2,3,4);1H2/q-1;+1;;. The Morgan fingerprint density at radius 3 is 2.11 bits per heavy atom. The molecule has 0 bridgehead atoms. The number of carbonyl (C=O) groups excluding carboxylic acids is 1. The van der Waals surface area contributed by atoms with E-state index in [0.29, 0.717) is 0 Å². The molecule has 0 saturated heterocycles. The van der Waals surface area contributed by atoms with Crippen LogP contribution >= 0.6 is 13.5 Å². The van der Waals surface area contributed by atoms with Crippen LogP contribution in [-0.2, 0) is 25.0 Å². The van der Waals surface area contributed by atoms with E-state index in [1.807, 2.05) is 31.2 Å². The van der Waals surface area contributed by atoms with Crippen LogP contribution in [0, 0.1) is 13.8 Å². The predicted molar refractivity (Wildman–Crippen MR) is 76.3 cm³/mol. The number of rotatable bonds is 1. The molecule has 0 heterocycles. The Hall–Kier alpha value is 0.200. The molecule has 0 saturated carbocycles. The van der Waals surface area contributed by atoms with E-state index < -0.39 is 9.05 Å². The summed E-state index contributed by atoms with van der Waals surface area (Å²) in [5.74, 6) is -0.278. The van der Waals surface area contributed by atoms with Crippen molar-refractivity contribution in [2.24, 2.45) is 0 Å². The van der Waals surface area contributed by atoms with Gasteiger partial charge in [-0.15, -0.1) is 0 Å². The molecule has 0 spiro atoms. The molecule has 0 aromatic heterocycles. The van der Waals surface area contributed by atoms with Crippen molar-refractivity contribution in [3.8, 4) is 0 Å². The molecule has 1 rings (SSSR count). The number of aryl methyl sites for hydroxylation is 1. The minimum atomic E-state index is -3.83. The first kappa shape index (κ1) is 23.3. The topological polar surface area (TPSA) is 86.6 Å². The molecule has 3 N–H and O–H groups in total. The first-order chi connectivity index (χ1) is 7.20. The molecule has 0 aliphatic carbocycles. The molecule has 0 unspecified atom stereocenters. The number of carbonyl (C=O) groups is 1. The predicted octanol–water partition coefficient (Wildman–Crippen LogP) is -1.44. The van der Waals surface area contributed by atoms with E-state index >= 15 is 0 Å². The van der Waals surface area contributed by atoms with Crippen molar-refractivity contribution in [1.82, 2.24) is 0 Å². The van der Waals surface area contributed by atoms with Crippen LogP contribution in [0.25, 0.3) is 0 Å². The zero-order valence-electron chi connectivity index (χ0n) is 10.0. The quantitative estimate of drug-likeness (QED) is 0.436. The number of nitrogens with one attached hydrogen (secondary N) is 1. The van der Waals surface area contributed by atoms with Gasteiger partial charge in [0.25, 0.3) is 9.05 Å². The molecule has 0 radical (unpaired) electrons. The van der Waals surface area contributed by atoms with Crippen LogP contribution < -0.4 is 34.9 Å². The summed E-state index contributed by atoms with van der Waals surface area (Å²) < 4.78 is 24.0. The van der Waals surface area contributed by atoms with E-state index in [1.165, 1.54) is 0 Å². The third-order valence-electron chi connectivity index (χ3n) is 1.42. The van der Waals surface area contributed by atoms with Gasteiger partial charge in [0.1, 0.15) is 0 Å². The summed E-state index contributed by atoms with van der Waals surface area (Å²) in [6, 6.07) is 7.58. The minimum absolute atomic E-state index is 0. The van der Waals surface area contributed by atoms with E-state index in [1.54, 1.807) is 0 Å². The first-order valence-electron chi connectivity index (χ1n) is 4.08. The Morgan fingerprint density at radius 1 is 1.39 bits per heavy atom. The summed E-state index contributed by atoms with van der Waals surface area (Å²) in [6.45, 7) is 5.16. The van der Waals surface area contributed by atoms with Gasteiger partial charge in [0.2, 0.25) is 0 Å². The molecular formula is C9H14NNaO4S3. The van der Waals surface area contributed by atoms with Gasteiger partial charge in [-0.2, -0.15) is 17.7 Å². The summed E-state index contributed by atoms with van der Waals surface area (Å²) in [6.07, 6.45) is 0. The van der Waals surface area contributed by atoms with Crippen molar-refractivity contribution in [3.63, 3.8) is 0 Å². The molecule has 0 aliphatic heterocycles. The largest absolute Gasteiger partial charge is 1.00 e. The summed E-state index contributed by atoms with van der Waals surface area (Å²) in [7, 11) is -3.83. The molecule has 0 atom stereocenters. The molecule has 0 aliphatic rings. The summed E-state index contributed by atoms with van der Waals surface area (Å²) >= 11 is 3.47. The van der Waals surface area contributed by atoms with Crippen molar-refractivity contribution in [2.75, 3.05) is 5.32 Å². The van der Waals surface area contributed by atoms with Crippen molar-refractivity contribution in [2.45, 2.75) is 6.92 Å². The number of benzene rings is 1. The smallest absolute Gasteiger partial charge is 0.351 e. The molecule has 18 heavy (non-hydrogen) atoms. The zero-order valence-corrected chi connectivity index (χ0v) is 14.7. The van der Waals surface area contributed by atoms with Gasteiger partial charge in [0.05, 0.1) is 5.91 Å². The van der Waals surface area contributed by atoms with Crippen LogP contribution in [0.5, 0.6) is 0 Å². The Labute approximate surface area is 141 Å². The molecule has 5 nitrogen and oxygen atoms in total. The Morgan fingerprint density at radius 2 is 1.78 bits per heavy atom. The zero-order chi connectivity index (χ0) is 12.8. The number of hydrogen-bond donors (Lipinski definition) is 3. The molecule has 1 amide bonds. The molecule has 0 fully saturated rings. The second kappa shape index (κ2) is 11.1. The van der Waals surface area contributed by atoms with E-state index in [0.717, 1.165) is 11.3 Å². The second-order valence-electron chi connectivity index (χ2n) is 2.81. The van der Waals surface area contributed by atoms with Gasteiger partial charge in [-0.3, -0.25) is 9.11 Å². The normalized spacial score (nSPS) is 8.83. The van der Waals surface area contributed by atoms with Gasteiger partial charge in [-0.25, -0.2) is 0 Å². The maximum atomic E-state index is 10.5. The van der Waals surface area contributed by atoms with E-state index in [2.05, 4.69) is 23.4 Å². The SMILES string of the molecule is O=S(O)(O)=S.S.[CH2-]C(=O)Nc1ccccc1C.[Na+]. The minimum Gasteiger partial charge on any atom is -0.351 e. The number of para-hydroxylation sites is 1. The molecule has 9 heteroatoms. The van der Waals surface area contributed by atoms with Gasteiger partial charge >= 0.3 is 29.6 Å². The van der Waals surface area contributed by atoms with Gasteiger partial charge in [0.15, 0.2) is 0 Å². The second-order valence-corrected chi connectivity index (χ2v) is 5.01. The van der Waals surface area contributed by atoms with Crippen molar-refractivity contribution in [3.05, 3.63) is 36.8 Å². The third-order valence-corrected chi connectivity index (χ3v) is 1.42. The molecule has 1 aromatic rings. The molecule has 98 valence electrons. The Kier molecular flexibility index (Phi) is 14.3. The van der Waals surface area contributed by atoms with Crippen molar-refractivity contribution < 1.29 is 47.7 Å². The average Bonchev–Trinajstić information content (AvgIpc) is 2.05. The summed E-state index contributed by atoms with van der Waals surface area (Å²) in [5.41, 5.74) is 1.87. The fraction of sp³-hybridized carbons (Fsp3) is 0.111. The van der Waals surface area contributed by atoms with E-state index in [4.69, 9.17) is 13.3 Å². The van der Waals surface area contributed by atoms with Crippen LogP contribution in [0.3, 0.4) is 0 Å². The van der Waals surface area contributed by atoms with Crippen LogP contribution in [0.15, 0.2) is 24.3 Å². The van der Waals surface area contributed by atoms with Crippen LogP contribution in [0.1, 0.15) is 5.56 Å². The van der Waals surface area contributed by atoms with Gasteiger partial charge in [0, 0.05) is 16.9 Å². The van der Waals surface area contributed by atoms with Crippen LogP contribution in [0.2, 0.25) is 0 Å². The maximum absolute atomic E-state index is 10.5. The number of amides is 1. The summed E-state index contributed by atoms with van der Waals surface area (Å²) in [4.78, 5) is 10.5. The Bertz CT molecular complexity index is 457. The number of hydrogen-bond acceptors (Lipinski definition) is 3. The molecular weight excluding hydrogens is 305 g/mol. The van der Waals surface area contributed by atoms with Crippen molar-refractivity contribution >= 4 is 45.3 Å².